The van der Waals surface area contributed by atoms with Crippen LogP contribution in [0.4, 0.5) is 5.69 Å². The second-order valence-corrected chi connectivity index (χ2v) is 17.1. The molecule has 0 radical (unpaired) electrons. The molecule has 16 nitrogen and oxygen atoms in total. The summed E-state index contributed by atoms with van der Waals surface area (Å²) >= 11 is 0. The maximum absolute atomic E-state index is 14.4. The monoisotopic (exact) mass is 845 g/mol. The van der Waals surface area contributed by atoms with Gasteiger partial charge in [-0.1, -0.05) is 45.9 Å². The number of aromatic nitrogens is 1. The van der Waals surface area contributed by atoms with Gasteiger partial charge in [-0.2, -0.15) is 0 Å². The van der Waals surface area contributed by atoms with Gasteiger partial charge in [0.1, 0.15) is 17.2 Å². The van der Waals surface area contributed by atoms with E-state index in [1.165, 1.54) is 52.4 Å². The third kappa shape index (κ3) is 7.47. The molecule has 4 aliphatic heterocycles. The Morgan fingerprint density at radius 1 is 0.902 bits per heavy atom. The molecule has 4 bridgehead atoms. The van der Waals surface area contributed by atoms with Gasteiger partial charge in [0.25, 0.3) is 5.91 Å². The van der Waals surface area contributed by atoms with Gasteiger partial charge in [0.15, 0.2) is 28.8 Å². The van der Waals surface area contributed by atoms with Crippen LogP contribution in [0, 0.1) is 29.6 Å². The van der Waals surface area contributed by atoms with E-state index < -0.39 is 94.3 Å². The number of nitrogens with zero attached hydrogens (tertiary/aromatic N) is 2. The predicted molar refractivity (Wildman–Crippen MR) is 222 cm³/mol. The van der Waals surface area contributed by atoms with Crippen molar-refractivity contribution >= 4 is 23.1 Å². The number of fused-ring (bicyclic) bond motifs is 2. The van der Waals surface area contributed by atoms with Crippen LogP contribution in [0.15, 0.2) is 85.9 Å². The second kappa shape index (κ2) is 16.5. The normalized spacial score (nSPS) is 35.9. The van der Waals surface area contributed by atoms with Gasteiger partial charge < -0.3 is 59.1 Å². The van der Waals surface area contributed by atoms with Crippen LogP contribution in [-0.4, -0.2) is 106 Å². The number of aliphatic hydroxyl groups excluding tert-OH is 5. The Kier molecular flexibility index (Phi) is 11.9. The Hall–Kier alpha value is -5.26. The van der Waals surface area contributed by atoms with Crippen molar-refractivity contribution in [1.82, 2.24) is 10.3 Å². The van der Waals surface area contributed by atoms with Crippen molar-refractivity contribution in [3.05, 3.63) is 98.4 Å². The first-order valence-electron chi connectivity index (χ1n) is 20.5. The molecule has 0 aromatic rings. The van der Waals surface area contributed by atoms with Crippen LogP contribution in [0.3, 0.4) is 0 Å². The minimum atomic E-state index is -1.93. The maximum atomic E-state index is 14.4. The van der Waals surface area contributed by atoms with E-state index in [4.69, 9.17) is 28.3 Å². The molecule has 61 heavy (non-hydrogen) atoms. The van der Waals surface area contributed by atoms with Crippen molar-refractivity contribution in [3.8, 4) is 11.5 Å². The molecule has 328 valence electrons. The molecular formula is C45H55N3O13. The fourth-order valence-electron chi connectivity index (χ4n) is 8.92. The lowest BCUT2D eigenvalue weighted by Gasteiger charge is -2.40. The number of hydrogen-bond donors (Lipinski definition) is 6. The molecule has 1 saturated heterocycles. The van der Waals surface area contributed by atoms with Crippen molar-refractivity contribution in [1.29, 1.82) is 0 Å². The molecule has 0 spiro atoms. The molecule has 7 rings (SSSR count). The zero-order valence-electron chi connectivity index (χ0n) is 35.7. The number of carbonyl (C=O) groups is 2. The average Bonchev–Trinajstić information content (AvgIpc) is 3.48. The van der Waals surface area contributed by atoms with Gasteiger partial charge in [-0.15, -0.1) is 0 Å². The Morgan fingerprint density at radius 3 is 2.25 bits per heavy atom. The number of Topliss-reactive ketones (excluding diaryl/α,β-unsaturated/α-hetero) is 1. The van der Waals surface area contributed by atoms with Gasteiger partial charge in [-0.3, -0.25) is 14.4 Å². The minimum Gasteiger partial charge on any atom is -0.509 e. The number of hydrogen-bond acceptors (Lipinski definition) is 15. The van der Waals surface area contributed by atoms with Crippen molar-refractivity contribution in [2.75, 3.05) is 32.2 Å². The van der Waals surface area contributed by atoms with Crippen LogP contribution in [0.2, 0.25) is 0 Å². The summed E-state index contributed by atoms with van der Waals surface area (Å²) in [5.41, 5.74) is -0.00520. The molecule has 7 aliphatic rings. The lowest BCUT2D eigenvalue weighted by atomic mass is 9.69. The van der Waals surface area contributed by atoms with Gasteiger partial charge in [0.05, 0.1) is 59.9 Å². The van der Waals surface area contributed by atoms with E-state index in [1.807, 2.05) is 4.90 Å². The third-order valence-corrected chi connectivity index (χ3v) is 13.1. The molecule has 3 aliphatic carbocycles. The van der Waals surface area contributed by atoms with E-state index in [1.54, 1.807) is 53.0 Å². The lowest BCUT2D eigenvalue weighted by Crippen LogP contribution is -2.52. The lowest BCUT2D eigenvalue weighted by molar-refractivity contribution is -0.146. The smallest absolute Gasteiger partial charge is 0.306 e. The molecule has 6 N–H and O–H groups in total. The van der Waals surface area contributed by atoms with Gasteiger partial charge >= 0.3 is 5.79 Å². The number of benzene rings is 1. The summed E-state index contributed by atoms with van der Waals surface area (Å²) in [6.45, 7) is 12.4. The first kappa shape index (κ1) is 43.8. The maximum Gasteiger partial charge on any atom is 0.306 e. The molecular weight excluding hydrogens is 791 g/mol. The number of amides is 1. The number of methoxy groups -OCH3 is 2. The highest BCUT2D eigenvalue weighted by Gasteiger charge is 2.57. The Labute approximate surface area is 353 Å². The van der Waals surface area contributed by atoms with E-state index >= 15 is 0 Å². The van der Waals surface area contributed by atoms with E-state index in [2.05, 4.69) is 5.32 Å². The number of allylic oxidation sites excluding steroid dienone is 5. The molecule has 16 heteroatoms. The molecule has 0 saturated carbocycles. The van der Waals surface area contributed by atoms with Crippen molar-refractivity contribution < 1.29 is 58.5 Å². The van der Waals surface area contributed by atoms with Gasteiger partial charge in [-0.25, -0.2) is 4.98 Å². The number of ketones is 1. The standard InChI is InChI=1S/C45H55N3O13/c1-19-11-10-12-20(2)44(56)47-35-40(54)31-30(34-42(35)60-29-16-25(15-27(49)33(29)46-34)48-17-26(18-48)57-8)32-41(24(6)39(31)53)61-45(7,43(32)55)59-14-13-28(58-9)21(3)37(51)23(5)38(52)22(4)36(19)50/h10-16,19,21-23,26,28,30-31,36-38,50-52,54-55H,17-18H2,1-9H3,(H,47,56)/b11-10+,14-13+,20-12-/t19-,21+,22+,23-,28-,30?,31?,36-,37+,38+,45-/m0/s1. The number of anilines is 1. The first-order valence-corrected chi connectivity index (χ1v) is 20.5. The van der Waals surface area contributed by atoms with Gasteiger partial charge in [0.2, 0.25) is 5.43 Å². The molecule has 4 heterocycles. The summed E-state index contributed by atoms with van der Waals surface area (Å²) in [6, 6.07) is 3.05. The number of nitrogens with one attached hydrogen (secondary N) is 1. The molecule has 1 amide bonds. The largest absolute Gasteiger partial charge is 0.509 e. The topological polar surface area (TPSA) is 231 Å². The molecule has 0 aromatic heterocycles. The molecule has 11 atom stereocenters. The third-order valence-electron chi connectivity index (χ3n) is 13.1. The van der Waals surface area contributed by atoms with Gasteiger partial charge in [0, 0.05) is 86.9 Å². The summed E-state index contributed by atoms with van der Waals surface area (Å²) in [7, 11) is 3.05. The van der Waals surface area contributed by atoms with Crippen molar-refractivity contribution in [2.24, 2.45) is 29.6 Å². The molecule has 1 fully saturated rings. The SMILES string of the molecule is COC1CN(c2cc3oc4c(nc-3c(=O)c2)C2C3=C(O)[C@@]5(C)O/C=C/[C@H](OC)[C@@H](C)[C@@H](O)[C@H](C)[C@H](O)[C@H](C)[C@@H](O)[C@@H](C)/C=C/C=C(/C)C(=O)NC4=C(O)C2C(=O)C(C)=C3O5)C1. The van der Waals surface area contributed by atoms with E-state index in [-0.39, 0.29) is 57.2 Å². The Bertz CT molecular complexity index is 2320. The highest BCUT2D eigenvalue weighted by molar-refractivity contribution is 6.05. The Balaban J connectivity index is 1.40. The zero-order chi connectivity index (χ0) is 44.4. The first-order chi connectivity index (χ1) is 28.8. The van der Waals surface area contributed by atoms with Crippen molar-refractivity contribution in [2.45, 2.75) is 90.7 Å². The summed E-state index contributed by atoms with van der Waals surface area (Å²) < 4.78 is 29.8. The van der Waals surface area contributed by atoms with Crippen LogP contribution in [0.5, 0.6) is 0 Å². The van der Waals surface area contributed by atoms with Crippen LogP contribution in [0.25, 0.3) is 17.2 Å². The number of aliphatic hydroxyl groups is 5. The summed E-state index contributed by atoms with van der Waals surface area (Å²) in [5, 5.41) is 60.9. The van der Waals surface area contributed by atoms with Crippen LogP contribution >= 0.6 is 0 Å². The number of rotatable bonds is 3. The number of carbonyl (C=O) groups excluding carboxylic acids is 2. The van der Waals surface area contributed by atoms with E-state index in [0.717, 1.165) is 0 Å². The van der Waals surface area contributed by atoms with Gasteiger partial charge in [-0.05, 0) is 19.9 Å². The van der Waals surface area contributed by atoms with Crippen LogP contribution < -0.4 is 15.6 Å². The molecule has 2 unspecified atom stereocenters. The fraction of sp³-hybridized carbons (Fsp3) is 0.511. The Morgan fingerprint density at radius 2 is 1.57 bits per heavy atom. The van der Waals surface area contributed by atoms with Crippen molar-refractivity contribution in [3.63, 3.8) is 0 Å². The van der Waals surface area contributed by atoms with Crippen LogP contribution in [0.1, 0.15) is 65.8 Å². The molecule has 0 aromatic carbocycles. The van der Waals surface area contributed by atoms with Crippen LogP contribution in [-0.2, 0) is 28.5 Å². The highest BCUT2D eigenvalue weighted by atomic mass is 16.7. The number of ether oxygens (including phenoxy) is 4. The predicted octanol–water partition coefficient (Wildman–Crippen LogP) is 4.13. The summed E-state index contributed by atoms with van der Waals surface area (Å²) in [4.78, 5) is 48.7. The van der Waals surface area contributed by atoms with E-state index in [0.29, 0.717) is 18.8 Å². The quantitative estimate of drug-likeness (QED) is 0.255. The highest BCUT2D eigenvalue weighted by Crippen LogP contribution is 2.56. The fourth-order valence-corrected chi connectivity index (χ4v) is 8.92. The van der Waals surface area contributed by atoms with E-state index in [9.17, 15) is 39.9 Å². The average molecular weight is 846 g/mol. The second-order valence-electron chi connectivity index (χ2n) is 17.1. The minimum absolute atomic E-state index is 0.0132. The summed E-state index contributed by atoms with van der Waals surface area (Å²) in [6.07, 6.45) is 3.51. The summed E-state index contributed by atoms with van der Waals surface area (Å²) in [5.74, 6) is -9.51. The zero-order valence-corrected chi connectivity index (χ0v) is 35.7.